The van der Waals surface area contributed by atoms with Crippen molar-refractivity contribution in [3.05, 3.63) is 0 Å². The number of carbonyl (C=O) groups is 2. The van der Waals surface area contributed by atoms with E-state index in [1.165, 1.54) is 0 Å². The Labute approximate surface area is 127 Å². The fourth-order valence-electron chi connectivity index (χ4n) is 3.49. The molecule has 1 aliphatic heterocycles. The Kier molecular flexibility index (Phi) is 6.03. The zero-order chi connectivity index (χ0) is 15.2. The van der Waals surface area contributed by atoms with Gasteiger partial charge in [0.1, 0.15) is 6.04 Å². The Morgan fingerprint density at radius 1 is 1.14 bits per heavy atom. The summed E-state index contributed by atoms with van der Waals surface area (Å²) in [5.41, 5.74) is 0. The summed E-state index contributed by atoms with van der Waals surface area (Å²) in [4.78, 5) is 26.2. The summed E-state index contributed by atoms with van der Waals surface area (Å²) in [5, 5.41) is 12.3. The zero-order valence-electron chi connectivity index (χ0n) is 13.0. The third-order valence-corrected chi connectivity index (χ3v) is 4.88. The summed E-state index contributed by atoms with van der Waals surface area (Å²) in [6.45, 7) is 2.81. The van der Waals surface area contributed by atoms with Crippen LogP contribution in [0.25, 0.3) is 0 Å². The lowest BCUT2D eigenvalue weighted by Crippen LogP contribution is -2.54. The highest BCUT2D eigenvalue weighted by Crippen LogP contribution is 2.24. The average Bonchev–Trinajstić information content (AvgIpc) is 2.54. The van der Waals surface area contributed by atoms with E-state index in [1.54, 1.807) is 4.90 Å². The Hall–Kier alpha value is -1.10. The fourth-order valence-corrected chi connectivity index (χ4v) is 3.49. The van der Waals surface area contributed by atoms with Gasteiger partial charge in [-0.05, 0) is 50.9 Å². The number of hydrogen-bond donors (Lipinski definition) is 2. The molecule has 0 bridgehead atoms. The summed E-state index contributed by atoms with van der Waals surface area (Å²) in [7, 11) is 0. The van der Waals surface area contributed by atoms with Crippen molar-refractivity contribution in [2.24, 2.45) is 5.92 Å². The van der Waals surface area contributed by atoms with Crippen molar-refractivity contribution in [2.75, 3.05) is 13.2 Å². The second kappa shape index (κ2) is 7.78. The molecular formula is C16H28N2O3. The lowest BCUT2D eigenvalue weighted by Gasteiger charge is -2.36. The molecule has 0 aromatic carbocycles. The first-order chi connectivity index (χ1) is 10.2. The van der Waals surface area contributed by atoms with Crippen molar-refractivity contribution in [1.29, 1.82) is 0 Å². The van der Waals surface area contributed by atoms with E-state index < -0.39 is 0 Å². The molecule has 5 heteroatoms. The van der Waals surface area contributed by atoms with Crippen molar-refractivity contribution < 1.29 is 14.7 Å². The van der Waals surface area contributed by atoms with Gasteiger partial charge in [-0.15, -0.1) is 0 Å². The molecule has 1 atom stereocenters. The molecule has 2 amide bonds. The topological polar surface area (TPSA) is 69.6 Å². The molecular weight excluding hydrogens is 268 g/mol. The van der Waals surface area contributed by atoms with Gasteiger partial charge in [-0.2, -0.15) is 0 Å². The number of rotatable bonds is 4. The molecule has 0 aromatic heterocycles. The van der Waals surface area contributed by atoms with E-state index in [9.17, 15) is 9.59 Å². The number of nitrogens with zero attached hydrogens (tertiary/aromatic N) is 1. The van der Waals surface area contributed by atoms with Gasteiger partial charge in [0.2, 0.25) is 11.8 Å². The van der Waals surface area contributed by atoms with Crippen LogP contribution >= 0.6 is 0 Å². The van der Waals surface area contributed by atoms with Gasteiger partial charge in [0.25, 0.3) is 0 Å². The molecule has 0 aromatic rings. The number of aliphatic hydroxyl groups excluding tert-OH is 1. The first-order valence-corrected chi connectivity index (χ1v) is 8.36. The van der Waals surface area contributed by atoms with Gasteiger partial charge in [-0.1, -0.05) is 6.92 Å². The summed E-state index contributed by atoms with van der Waals surface area (Å²) in [6.07, 6.45) is 7.08. The minimum Gasteiger partial charge on any atom is -0.396 e. The van der Waals surface area contributed by atoms with E-state index in [-0.39, 0.29) is 30.5 Å². The number of aliphatic hydroxyl groups is 1. The first-order valence-electron chi connectivity index (χ1n) is 8.36. The van der Waals surface area contributed by atoms with Crippen LogP contribution in [0.3, 0.4) is 0 Å². The van der Waals surface area contributed by atoms with Crippen molar-refractivity contribution >= 4 is 11.8 Å². The summed E-state index contributed by atoms with van der Waals surface area (Å²) >= 11 is 0. The third-order valence-electron chi connectivity index (χ3n) is 4.88. The average molecular weight is 296 g/mol. The maximum absolute atomic E-state index is 12.5. The normalized spacial score (nSPS) is 30.0. The number of piperidine rings is 1. The molecule has 1 saturated carbocycles. The number of carbonyl (C=O) groups excluding carboxylic acids is 2. The summed E-state index contributed by atoms with van der Waals surface area (Å²) in [5.74, 6) is 0.494. The van der Waals surface area contributed by atoms with Crippen molar-refractivity contribution in [3.8, 4) is 0 Å². The smallest absolute Gasteiger partial charge is 0.243 e. The minimum absolute atomic E-state index is 0.0175. The van der Waals surface area contributed by atoms with Crippen LogP contribution < -0.4 is 5.32 Å². The molecule has 2 fully saturated rings. The second-order valence-electron chi connectivity index (χ2n) is 6.36. The molecule has 21 heavy (non-hydrogen) atoms. The predicted molar refractivity (Wildman–Crippen MR) is 80.6 cm³/mol. The molecule has 0 radical (unpaired) electrons. The number of hydrogen-bond acceptors (Lipinski definition) is 3. The lowest BCUT2D eigenvalue weighted by molar-refractivity contribution is -0.142. The molecule has 1 saturated heterocycles. The van der Waals surface area contributed by atoms with Gasteiger partial charge in [-0.3, -0.25) is 9.59 Å². The van der Waals surface area contributed by atoms with Gasteiger partial charge in [0, 0.05) is 25.6 Å². The quantitative estimate of drug-likeness (QED) is 0.825. The van der Waals surface area contributed by atoms with Crippen LogP contribution in [0.5, 0.6) is 0 Å². The highest BCUT2D eigenvalue weighted by atomic mass is 16.3. The third kappa shape index (κ3) is 4.19. The zero-order valence-corrected chi connectivity index (χ0v) is 13.0. The summed E-state index contributed by atoms with van der Waals surface area (Å²) < 4.78 is 0. The van der Waals surface area contributed by atoms with Crippen molar-refractivity contribution in [3.63, 3.8) is 0 Å². The molecule has 1 unspecified atom stereocenters. The molecule has 5 nitrogen and oxygen atoms in total. The Morgan fingerprint density at radius 2 is 1.86 bits per heavy atom. The predicted octanol–water partition coefficient (Wildman–Crippen LogP) is 1.44. The number of amides is 2. The van der Waals surface area contributed by atoms with E-state index in [1.807, 2.05) is 6.92 Å². The Bertz CT molecular complexity index is 365. The first kappa shape index (κ1) is 16.3. The molecule has 2 rings (SSSR count). The number of nitrogens with one attached hydrogen (secondary N) is 1. The maximum atomic E-state index is 12.5. The number of likely N-dealkylation sites (tertiary alicyclic amines) is 1. The van der Waals surface area contributed by atoms with E-state index in [4.69, 9.17) is 5.11 Å². The minimum atomic E-state index is -0.276. The van der Waals surface area contributed by atoms with Crippen LogP contribution in [-0.2, 0) is 9.59 Å². The molecule has 2 N–H and O–H groups in total. The Morgan fingerprint density at radius 3 is 2.48 bits per heavy atom. The van der Waals surface area contributed by atoms with Crippen LogP contribution in [0.15, 0.2) is 0 Å². The van der Waals surface area contributed by atoms with Gasteiger partial charge in [0.05, 0.1) is 0 Å². The van der Waals surface area contributed by atoms with Crippen LogP contribution in [0.1, 0.15) is 58.3 Å². The van der Waals surface area contributed by atoms with Gasteiger partial charge in [0.15, 0.2) is 0 Å². The monoisotopic (exact) mass is 296 g/mol. The highest BCUT2D eigenvalue weighted by Gasteiger charge is 2.32. The molecule has 0 spiro atoms. The summed E-state index contributed by atoms with van der Waals surface area (Å²) in [6, 6.07) is -0.0671. The van der Waals surface area contributed by atoms with E-state index in [2.05, 4.69) is 5.32 Å². The standard InChI is InChI=1S/C16H28N2O3/c1-2-15(20)18-10-4-3-5-14(18)16(21)17-13-8-6-12(11-19)7-9-13/h12-14,19H,2-11H2,1H3,(H,17,21). The van der Waals surface area contributed by atoms with E-state index in [0.717, 1.165) is 44.9 Å². The lowest BCUT2D eigenvalue weighted by atomic mass is 9.86. The molecule has 2 aliphatic rings. The van der Waals surface area contributed by atoms with Gasteiger partial charge < -0.3 is 15.3 Å². The fraction of sp³-hybridized carbons (Fsp3) is 0.875. The highest BCUT2D eigenvalue weighted by molar-refractivity contribution is 5.88. The van der Waals surface area contributed by atoms with Crippen molar-refractivity contribution in [1.82, 2.24) is 10.2 Å². The van der Waals surface area contributed by atoms with Crippen LogP contribution in [-0.4, -0.2) is 47.1 Å². The van der Waals surface area contributed by atoms with Crippen LogP contribution in [0, 0.1) is 5.92 Å². The second-order valence-corrected chi connectivity index (χ2v) is 6.36. The van der Waals surface area contributed by atoms with E-state index in [0.29, 0.717) is 18.9 Å². The largest absolute Gasteiger partial charge is 0.396 e. The van der Waals surface area contributed by atoms with Gasteiger partial charge >= 0.3 is 0 Å². The van der Waals surface area contributed by atoms with Crippen molar-refractivity contribution in [2.45, 2.75) is 70.4 Å². The maximum Gasteiger partial charge on any atom is 0.243 e. The van der Waals surface area contributed by atoms with Crippen LogP contribution in [0.2, 0.25) is 0 Å². The Balaban J connectivity index is 1.87. The van der Waals surface area contributed by atoms with E-state index >= 15 is 0 Å². The SMILES string of the molecule is CCC(=O)N1CCCCC1C(=O)NC1CCC(CO)CC1. The molecule has 1 heterocycles. The van der Waals surface area contributed by atoms with Crippen LogP contribution in [0.4, 0.5) is 0 Å². The van der Waals surface area contributed by atoms with Gasteiger partial charge in [-0.25, -0.2) is 0 Å². The molecule has 1 aliphatic carbocycles. The molecule has 120 valence electrons.